The van der Waals surface area contributed by atoms with Crippen molar-refractivity contribution >= 4 is 11.5 Å². The number of hydrogen-bond acceptors (Lipinski definition) is 3. The van der Waals surface area contributed by atoms with Gasteiger partial charge in [-0.3, -0.25) is 4.79 Å². The number of carbonyl (C=O) groups excluding carboxylic acids is 1. The van der Waals surface area contributed by atoms with E-state index >= 15 is 0 Å². The van der Waals surface area contributed by atoms with Crippen molar-refractivity contribution in [3.63, 3.8) is 0 Å². The molecular formula is C13H18N2O. The predicted molar refractivity (Wildman–Crippen MR) is 65.9 cm³/mol. The van der Waals surface area contributed by atoms with E-state index in [0.29, 0.717) is 0 Å². The summed E-state index contributed by atoms with van der Waals surface area (Å²) in [5, 5.41) is 6.75. The first-order valence-corrected chi connectivity index (χ1v) is 5.81. The van der Waals surface area contributed by atoms with Crippen molar-refractivity contribution in [2.45, 2.75) is 13.3 Å². The van der Waals surface area contributed by atoms with E-state index in [0.717, 1.165) is 36.8 Å². The fraction of sp³-hybridized carbons (Fsp3) is 0.462. The van der Waals surface area contributed by atoms with Gasteiger partial charge in [-0.05, 0) is 56.6 Å². The van der Waals surface area contributed by atoms with E-state index in [1.54, 1.807) is 6.92 Å². The number of ketones is 1. The van der Waals surface area contributed by atoms with Crippen LogP contribution in [-0.2, 0) is 0 Å². The molecule has 0 amide bonds. The summed E-state index contributed by atoms with van der Waals surface area (Å²) in [5.74, 6) is 0.846. The lowest BCUT2D eigenvalue weighted by Crippen LogP contribution is -2.17. The maximum absolute atomic E-state index is 11.1. The van der Waals surface area contributed by atoms with Crippen molar-refractivity contribution in [1.29, 1.82) is 0 Å². The molecule has 1 aromatic rings. The molecule has 2 N–H and O–H groups in total. The van der Waals surface area contributed by atoms with Gasteiger partial charge in [-0.1, -0.05) is 0 Å². The summed E-state index contributed by atoms with van der Waals surface area (Å²) in [5.41, 5.74) is 1.87. The minimum atomic E-state index is 0.117. The summed E-state index contributed by atoms with van der Waals surface area (Å²) in [4.78, 5) is 11.1. The average Bonchev–Trinajstić information content (AvgIpc) is 2.80. The highest BCUT2D eigenvalue weighted by Crippen LogP contribution is 2.13. The molecule has 0 radical (unpaired) electrons. The van der Waals surface area contributed by atoms with Gasteiger partial charge in [0.2, 0.25) is 0 Å². The van der Waals surface area contributed by atoms with Gasteiger partial charge in [0.1, 0.15) is 0 Å². The first kappa shape index (κ1) is 11.1. The smallest absolute Gasteiger partial charge is 0.159 e. The predicted octanol–water partition coefficient (Wildman–Crippen LogP) is 1.91. The molecule has 1 fully saturated rings. The van der Waals surface area contributed by atoms with E-state index in [1.165, 1.54) is 6.42 Å². The van der Waals surface area contributed by atoms with Crippen molar-refractivity contribution in [1.82, 2.24) is 5.32 Å². The Labute approximate surface area is 96.2 Å². The molecule has 2 rings (SSSR count). The molecule has 0 spiro atoms. The lowest BCUT2D eigenvalue weighted by Gasteiger charge is -2.11. The van der Waals surface area contributed by atoms with Gasteiger partial charge in [0.25, 0.3) is 0 Å². The highest BCUT2D eigenvalue weighted by Gasteiger charge is 2.13. The van der Waals surface area contributed by atoms with E-state index in [1.807, 2.05) is 24.3 Å². The van der Waals surface area contributed by atoms with E-state index in [4.69, 9.17) is 0 Å². The monoisotopic (exact) mass is 218 g/mol. The summed E-state index contributed by atoms with van der Waals surface area (Å²) in [6, 6.07) is 7.69. The van der Waals surface area contributed by atoms with Crippen LogP contribution in [0.15, 0.2) is 24.3 Å². The number of benzene rings is 1. The second kappa shape index (κ2) is 5.12. The van der Waals surface area contributed by atoms with Gasteiger partial charge >= 0.3 is 0 Å². The third-order valence-corrected chi connectivity index (χ3v) is 3.05. The van der Waals surface area contributed by atoms with Crippen molar-refractivity contribution in [2.75, 3.05) is 25.0 Å². The summed E-state index contributed by atoms with van der Waals surface area (Å²) >= 11 is 0. The summed E-state index contributed by atoms with van der Waals surface area (Å²) in [6.07, 6.45) is 1.25. The van der Waals surface area contributed by atoms with Gasteiger partial charge in [-0.15, -0.1) is 0 Å². The molecule has 0 bridgehead atoms. The maximum Gasteiger partial charge on any atom is 0.159 e. The van der Waals surface area contributed by atoms with Crippen molar-refractivity contribution in [3.05, 3.63) is 29.8 Å². The number of hydrogen-bond donors (Lipinski definition) is 2. The van der Waals surface area contributed by atoms with Crippen LogP contribution in [-0.4, -0.2) is 25.4 Å². The fourth-order valence-corrected chi connectivity index (χ4v) is 1.97. The molecule has 0 aliphatic carbocycles. The Kier molecular flexibility index (Phi) is 3.57. The average molecular weight is 218 g/mol. The Bertz CT molecular complexity index is 353. The molecule has 1 atom stereocenters. The fourth-order valence-electron chi connectivity index (χ4n) is 1.97. The number of anilines is 1. The minimum absolute atomic E-state index is 0.117. The molecule has 1 aliphatic rings. The van der Waals surface area contributed by atoms with E-state index in [-0.39, 0.29) is 5.78 Å². The van der Waals surface area contributed by atoms with Crippen LogP contribution in [0.25, 0.3) is 0 Å². The zero-order valence-electron chi connectivity index (χ0n) is 9.62. The summed E-state index contributed by atoms with van der Waals surface area (Å²) < 4.78 is 0. The third-order valence-electron chi connectivity index (χ3n) is 3.05. The van der Waals surface area contributed by atoms with Crippen LogP contribution in [0.3, 0.4) is 0 Å². The minimum Gasteiger partial charge on any atom is -0.385 e. The van der Waals surface area contributed by atoms with Crippen molar-refractivity contribution in [2.24, 2.45) is 5.92 Å². The normalized spacial score (nSPS) is 19.7. The quantitative estimate of drug-likeness (QED) is 0.758. The van der Waals surface area contributed by atoms with Gasteiger partial charge in [0.15, 0.2) is 5.78 Å². The molecule has 1 unspecified atom stereocenters. The van der Waals surface area contributed by atoms with E-state index < -0.39 is 0 Å². The van der Waals surface area contributed by atoms with Crippen LogP contribution < -0.4 is 10.6 Å². The molecule has 1 heterocycles. The van der Waals surface area contributed by atoms with Crippen LogP contribution in [0.5, 0.6) is 0 Å². The highest BCUT2D eigenvalue weighted by molar-refractivity contribution is 5.94. The molecule has 0 saturated carbocycles. The second-order valence-corrected chi connectivity index (χ2v) is 4.37. The van der Waals surface area contributed by atoms with Gasteiger partial charge in [0.05, 0.1) is 0 Å². The molecular weight excluding hydrogens is 200 g/mol. The molecule has 86 valence electrons. The first-order valence-electron chi connectivity index (χ1n) is 5.81. The molecule has 3 heteroatoms. The lowest BCUT2D eigenvalue weighted by atomic mass is 10.1. The first-order chi connectivity index (χ1) is 7.75. The van der Waals surface area contributed by atoms with Crippen LogP contribution in [0, 0.1) is 5.92 Å². The molecule has 1 aliphatic heterocycles. The topological polar surface area (TPSA) is 41.1 Å². The van der Waals surface area contributed by atoms with Gasteiger partial charge in [-0.25, -0.2) is 0 Å². The molecule has 16 heavy (non-hydrogen) atoms. The Hall–Kier alpha value is -1.35. The van der Waals surface area contributed by atoms with Gasteiger partial charge in [-0.2, -0.15) is 0 Å². The second-order valence-electron chi connectivity index (χ2n) is 4.37. The van der Waals surface area contributed by atoms with Gasteiger partial charge < -0.3 is 10.6 Å². The maximum atomic E-state index is 11.1. The van der Waals surface area contributed by atoms with E-state index in [2.05, 4.69) is 10.6 Å². The van der Waals surface area contributed by atoms with Gasteiger partial charge in [0, 0.05) is 17.8 Å². The molecule has 1 aromatic carbocycles. The van der Waals surface area contributed by atoms with Crippen LogP contribution >= 0.6 is 0 Å². The van der Waals surface area contributed by atoms with Crippen molar-refractivity contribution in [3.8, 4) is 0 Å². The number of rotatable bonds is 4. The van der Waals surface area contributed by atoms with Crippen molar-refractivity contribution < 1.29 is 4.79 Å². The number of carbonyl (C=O) groups is 1. The Balaban J connectivity index is 1.87. The van der Waals surface area contributed by atoms with E-state index in [9.17, 15) is 4.79 Å². The Morgan fingerprint density at radius 2 is 2.19 bits per heavy atom. The Morgan fingerprint density at radius 1 is 1.44 bits per heavy atom. The number of Topliss-reactive ketones (excluding diaryl/α,β-unsaturated/α-hetero) is 1. The lowest BCUT2D eigenvalue weighted by molar-refractivity contribution is 0.101. The third kappa shape index (κ3) is 2.83. The zero-order chi connectivity index (χ0) is 11.4. The number of nitrogens with one attached hydrogen (secondary N) is 2. The standard InChI is InChI=1S/C13H18N2O/c1-10(16)12-2-4-13(5-3-12)15-9-11-6-7-14-8-11/h2-5,11,14-15H,6-9H2,1H3. The molecule has 1 saturated heterocycles. The van der Waals surface area contributed by atoms with Crippen LogP contribution in [0.4, 0.5) is 5.69 Å². The van der Waals surface area contributed by atoms with Crippen LogP contribution in [0.2, 0.25) is 0 Å². The molecule has 3 nitrogen and oxygen atoms in total. The zero-order valence-corrected chi connectivity index (χ0v) is 9.62. The SMILES string of the molecule is CC(=O)c1ccc(NCC2CCNC2)cc1. The summed E-state index contributed by atoms with van der Waals surface area (Å²) in [7, 11) is 0. The largest absolute Gasteiger partial charge is 0.385 e. The summed E-state index contributed by atoms with van der Waals surface area (Å²) in [6.45, 7) is 4.84. The molecule has 0 aromatic heterocycles. The van der Waals surface area contributed by atoms with Crippen LogP contribution in [0.1, 0.15) is 23.7 Å². The Morgan fingerprint density at radius 3 is 2.75 bits per heavy atom. The highest BCUT2D eigenvalue weighted by atomic mass is 16.1.